The molecule has 5 heteroatoms. The normalized spacial score (nSPS) is 16.2. The fourth-order valence-corrected chi connectivity index (χ4v) is 2.48. The zero-order chi connectivity index (χ0) is 11.0. The summed E-state index contributed by atoms with van der Waals surface area (Å²) < 4.78 is 0.767. The van der Waals surface area contributed by atoms with E-state index in [1.165, 1.54) is 0 Å². The highest BCUT2D eigenvalue weighted by Crippen LogP contribution is 2.38. The zero-order valence-corrected chi connectivity index (χ0v) is 10.9. The van der Waals surface area contributed by atoms with Crippen LogP contribution >= 0.6 is 39.1 Å². The summed E-state index contributed by atoms with van der Waals surface area (Å²) in [4.78, 5) is 13.1. The van der Waals surface area contributed by atoms with Crippen LogP contribution in [0.25, 0.3) is 0 Å². The largest absolute Gasteiger partial charge is 0.363 e. The van der Waals surface area contributed by atoms with Crippen molar-refractivity contribution in [2.24, 2.45) is 0 Å². The van der Waals surface area contributed by atoms with Crippen LogP contribution in [0.3, 0.4) is 0 Å². The standard InChI is InChI=1S/C10H8BrCl2NO/c11-7-1-2-8(10(13)9(7)12)14-4-3-6(15)5-14/h1-2H,3-5H2. The van der Waals surface area contributed by atoms with E-state index in [4.69, 9.17) is 23.2 Å². The molecule has 0 unspecified atom stereocenters. The molecule has 0 amide bonds. The minimum absolute atomic E-state index is 0.241. The highest BCUT2D eigenvalue weighted by atomic mass is 79.9. The van der Waals surface area contributed by atoms with Gasteiger partial charge in [0.1, 0.15) is 0 Å². The molecule has 2 nitrogen and oxygen atoms in total. The second-order valence-electron chi connectivity index (χ2n) is 3.40. The summed E-state index contributed by atoms with van der Waals surface area (Å²) in [5.41, 5.74) is 0.829. The lowest BCUT2D eigenvalue weighted by atomic mass is 10.3. The molecule has 1 aliphatic rings. The average molecular weight is 309 g/mol. The molecule has 0 spiro atoms. The Balaban J connectivity index is 2.37. The lowest BCUT2D eigenvalue weighted by molar-refractivity contribution is -0.116. The van der Waals surface area contributed by atoms with Gasteiger partial charge < -0.3 is 4.90 Å². The topological polar surface area (TPSA) is 20.3 Å². The fraction of sp³-hybridized carbons (Fsp3) is 0.300. The van der Waals surface area contributed by atoms with E-state index in [1.807, 2.05) is 17.0 Å². The van der Waals surface area contributed by atoms with Crippen molar-refractivity contribution in [3.63, 3.8) is 0 Å². The zero-order valence-electron chi connectivity index (χ0n) is 7.77. The van der Waals surface area contributed by atoms with Crippen LogP contribution in [0.1, 0.15) is 6.42 Å². The second-order valence-corrected chi connectivity index (χ2v) is 5.01. The van der Waals surface area contributed by atoms with Crippen LogP contribution in [0.2, 0.25) is 10.0 Å². The van der Waals surface area contributed by atoms with Crippen molar-refractivity contribution in [3.05, 3.63) is 26.7 Å². The van der Waals surface area contributed by atoms with E-state index in [0.29, 0.717) is 23.0 Å². The van der Waals surface area contributed by atoms with Crippen molar-refractivity contribution >= 4 is 50.6 Å². The van der Waals surface area contributed by atoms with E-state index in [2.05, 4.69) is 15.9 Å². The van der Waals surface area contributed by atoms with Gasteiger partial charge in [-0.2, -0.15) is 0 Å². The van der Waals surface area contributed by atoms with Gasteiger partial charge in [-0.05, 0) is 28.1 Å². The number of anilines is 1. The molecule has 0 atom stereocenters. The predicted molar refractivity (Wildman–Crippen MR) is 66.0 cm³/mol. The lowest BCUT2D eigenvalue weighted by Crippen LogP contribution is -2.19. The predicted octanol–water partition coefficient (Wildman–Crippen LogP) is 3.54. The summed E-state index contributed by atoms with van der Waals surface area (Å²) in [6.07, 6.45) is 0.587. The van der Waals surface area contributed by atoms with Crippen LogP contribution in [-0.4, -0.2) is 18.9 Å². The number of hydrogen-bond donors (Lipinski definition) is 0. The van der Waals surface area contributed by atoms with Gasteiger partial charge in [0.25, 0.3) is 0 Å². The summed E-state index contributed by atoms with van der Waals surface area (Å²) >= 11 is 15.4. The summed E-state index contributed by atoms with van der Waals surface area (Å²) in [7, 11) is 0. The molecule has 0 radical (unpaired) electrons. The second kappa shape index (κ2) is 4.32. The highest BCUT2D eigenvalue weighted by Gasteiger charge is 2.22. The van der Waals surface area contributed by atoms with Gasteiger partial charge in [0, 0.05) is 17.4 Å². The number of carbonyl (C=O) groups is 1. The molecular weight excluding hydrogens is 301 g/mol. The Labute approximate surface area is 106 Å². The molecule has 0 saturated carbocycles. The van der Waals surface area contributed by atoms with Gasteiger partial charge >= 0.3 is 0 Å². The molecule has 0 bridgehead atoms. The van der Waals surface area contributed by atoms with Crippen LogP contribution in [0.15, 0.2) is 16.6 Å². The molecule has 15 heavy (non-hydrogen) atoms. The molecule has 1 aliphatic heterocycles. The van der Waals surface area contributed by atoms with Crippen molar-refractivity contribution in [2.75, 3.05) is 18.0 Å². The van der Waals surface area contributed by atoms with Gasteiger partial charge in [-0.3, -0.25) is 4.79 Å². The maximum Gasteiger partial charge on any atom is 0.153 e. The summed E-state index contributed by atoms with van der Waals surface area (Å²) in [6, 6.07) is 3.71. The quantitative estimate of drug-likeness (QED) is 0.740. The molecule has 0 N–H and O–H groups in total. The molecular formula is C10H8BrCl2NO. The molecule has 0 aliphatic carbocycles. The van der Waals surface area contributed by atoms with E-state index < -0.39 is 0 Å². The first-order valence-corrected chi connectivity index (χ1v) is 6.04. The van der Waals surface area contributed by atoms with Crippen LogP contribution in [0, 0.1) is 0 Å². The first kappa shape index (κ1) is 11.2. The third-order valence-corrected chi connectivity index (χ3v) is 4.14. The van der Waals surface area contributed by atoms with E-state index in [1.54, 1.807) is 0 Å². The smallest absolute Gasteiger partial charge is 0.153 e. The minimum atomic E-state index is 0.241. The Hall–Kier alpha value is -0.250. The van der Waals surface area contributed by atoms with Crippen molar-refractivity contribution in [2.45, 2.75) is 6.42 Å². The van der Waals surface area contributed by atoms with Crippen LogP contribution in [0.5, 0.6) is 0 Å². The van der Waals surface area contributed by atoms with Gasteiger partial charge in [-0.1, -0.05) is 23.2 Å². The molecule has 1 heterocycles. The molecule has 2 rings (SSSR count). The summed E-state index contributed by atoms with van der Waals surface area (Å²) in [5.74, 6) is 0.241. The number of Topliss-reactive ketones (excluding diaryl/α,β-unsaturated/α-hetero) is 1. The van der Waals surface area contributed by atoms with Gasteiger partial charge in [-0.15, -0.1) is 0 Å². The van der Waals surface area contributed by atoms with E-state index >= 15 is 0 Å². The summed E-state index contributed by atoms with van der Waals surface area (Å²) in [6.45, 7) is 1.15. The molecule has 80 valence electrons. The fourth-order valence-electron chi connectivity index (χ4n) is 1.60. The van der Waals surface area contributed by atoms with Crippen molar-refractivity contribution < 1.29 is 4.79 Å². The van der Waals surface area contributed by atoms with Gasteiger partial charge in [0.05, 0.1) is 22.3 Å². The van der Waals surface area contributed by atoms with Crippen LogP contribution in [-0.2, 0) is 4.79 Å². The number of halogens is 3. The van der Waals surface area contributed by atoms with E-state index in [9.17, 15) is 4.79 Å². The van der Waals surface area contributed by atoms with Crippen LogP contribution < -0.4 is 4.90 Å². The van der Waals surface area contributed by atoms with Gasteiger partial charge in [0.15, 0.2) is 5.78 Å². The molecule has 1 aromatic carbocycles. The SMILES string of the molecule is O=C1CCN(c2ccc(Br)c(Cl)c2Cl)C1. The lowest BCUT2D eigenvalue weighted by Gasteiger charge is -2.19. The average Bonchev–Trinajstić information content (AvgIpc) is 2.61. The Morgan fingerprint density at radius 3 is 2.60 bits per heavy atom. The number of ketones is 1. The third kappa shape index (κ3) is 2.14. The Bertz CT molecular complexity index is 422. The summed E-state index contributed by atoms with van der Waals surface area (Å²) in [5, 5.41) is 0.995. The van der Waals surface area contributed by atoms with E-state index in [0.717, 1.165) is 16.7 Å². The molecule has 0 aromatic heterocycles. The van der Waals surface area contributed by atoms with Crippen LogP contribution in [0.4, 0.5) is 5.69 Å². The number of carbonyl (C=O) groups excluding carboxylic acids is 1. The monoisotopic (exact) mass is 307 g/mol. The first-order valence-electron chi connectivity index (χ1n) is 4.49. The first-order chi connectivity index (χ1) is 7.09. The van der Waals surface area contributed by atoms with Gasteiger partial charge in [-0.25, -0.2) is 0 Å². The third-order valence-electron chi connectivity index (χ3n) is 2.38. The van der Waals surface area contributed by atoms with Crippen molar-refractivity contribution in [1.82, 2.24) is 0 Å². The maximum absolute atomic E-state index is 11.2. The Kier molecular flexibility index (Phi) is 3.24. The molecule has 1 aromatic rings. The Morgan fingerprint density at radius 1 is 1.27 bits per heavy atom. The number of benzene rings is 1. The van der Waals surface area contributed by atoms with Crippen molar-refractivity contribution in [3.8, 4) is 0 Å². The Morgan fingerprint density at radius 2 is 2.00 bits per heavy atom. The minimum Gasteiger partial charge on any atom is -0.363 e. The number of hydrogen-bond acceptors (Lipinski definition) is 2. The molecule has 1 saturated heterocycles. The molecule has 1 fully saturated rings. The highest BCUT2D eigenvalue weighted by molar-refractivity contribution is 9.10. The van der Waals surface area contributed by atoms with Gasteiger partial charge in [0.2, 0.25) is 0 Å². The van der Waals surface area contributed by atoms with Crippen molar-refractivity contribution in [1.29, 1.82) is 0 Å². The van der Waals surface area contributed by atoms with E-state index in [-0.39, 0.29) is 5.78 Å². The number of rotatable bonds is 1. The number of nitrogens with zero attached hydrogens (tertiary/aromatic N) is 1. The maximum atomic E-state index is 11.2.